The van der Waals surface area contributed by atoms with Crippen LogP contribution in [-0.4, -0.2) is 10.3 Å². The number of phenolic OH excluding ortho intramolecular Hbond substituents is 1. The minimum atomic E-state index is -0.866. The Morgan fingerprint density at radius 1 is 0.579 bits per heavy atom. The van der Waals surface area contributed by atoms with Crippen molar-refractivity contribution in [2.45, 2.75) is 31.3 Å². The van der Waals surface area contributed by atoms with E-state index in [1.807, 2.05) is 12.1 Å². The Bertz CT molecular complexity index is 1520. The van der Waals surface area contributed by atoms with Crippen LogP contribution in [0, 0.1) is 0 Å². The molecular weight excluding hydrogens is 483 g/mol. The van der Waals surface area contributed by atoms with Crippen molar-refractivity contribution in [1.82, 2.24) is 0 Å². The van der Waals surface area contributed by atoms with Crippen LogP contribution in [0.15, 0.2) is 127 Å². The van der Waals surface area contributed by atoms with Gasteiger partial charge < -0.3 is 9.63 Å². The number of fused-ring (bicyclic) bond motifs is 3. The summed E-state index contributed by atoms with van der Waals surface area (Å²) in [6.07, 6.45) is 0. The van der Waals surface area contributed by atoms with Crippen LogP contribution in [0.1, 0.15) is 43.0 Å². The monoisotopic (exact) mass is 514 g/mol. The Balaban J connectivity index is 1.50. The molecule has 0 heterocycles. The summed E-state index contributed by atoms with van der Waals surface area (Å²) in [6, 6.07) is 44.2. The number of phenols is 1. The quantitative estimate of drug-likeness (QED) is 0.233. The van der Waals surface area contributed by atoms with Gasteiger partial charge in [0.25, 0.3) is 0 Å². The summed E-state index contributed by atoms with van der Waals surface area (Å²) in [7, 11) is -0.866. The highest BCUT2D eigenvalue weighted by atomic mass is 31.1. The van der Waals surface area contributed by atoms with Crippen molar-refractivity contribution < 1.29 is 9.63 Å². The van der Waals surface area contributed by atoms with Crippen molar-refractivity contribution in [1.29, 1.82) is 0 Å². The number of rotatable bonds is 5. The van der Waals surface area contributed by atoms with Crippen molar-refractivity contribution >= 4 is 13.5 Å². The van der Waals surface area contributed by atoms with Crippen molar-refractivity contribution in [2.75, 3.05) is 0 Å². The van der Waals surface area contributed by atoms with Gasteiger partial charge in [0.1, 0.15) is 19.6 Å². The molecule has 0 fully saturated rings. The normalized spacial score (nSPS) is 14.4. The molecule has 3 heteroatoms. The molecule has 6 rings (SSSR count). The zero-order valence-corrected chi connectivity index (χ0v) is 22.8. The fourth-order valence-electron chi connectivity index (χ4n) is 5.75. The van der Waals surface area contributed by atoms with Crippen LogP contribution in [0.3, 0.4) is 0 Å². The van der Waals surface area contributed by atoms with Gasteiger partial charge in [-0.2, -0.15) is 0 Å². The molecule has 5 aromatic rings. The lowest BCUT2D eigenvalue weighted by Crippen LogP contribution is -2.28. The fraction of sp³-hybridized carbons (Fsp3) is 0.143. The third-order valence-corrected chi connectivity index (χ3v) is 9.72. The second-order valence-electron chi connectivity index (χ2n) is 10.8. The summed E-state index contributed by atoms with van der Waals surface area (Å²) in [6.45, 7) is 6.73. The molecule has 1 N–H and O–H groups in total. The molecule has 188 valence electrons. The van der Waals surface area contributed by atoms with Crippen molar-refractivity contribution in [3.63, 3.8) is 0 Å². The minimum absolute atomic E-state index is 0.00798. The smallest absolute Gasteiger partial charge is 0.124 e. The molecule has 1 aliphatic rings. The zero-order valence-electron chi connectivity index (χ0n) is 21.9. The molecule has 2 nitrogen and oxygen atoms in total. The van der Waals surface area contributed by atoms with Crippen LogP contribution in [-0.2, 0) is 5.41 Å². The van der Waals surface area contributed by atoms with Gasteiger partial charge in [-0.15, -0.1) is 0 Å². The van der Waals surface area contributed by atoms with E-state index in [1.165, 1.54) is 33.1 Å². The summed E-state index contributed by atoms with van der Waals surface area (Å²) in [5.74, 6) is 1.14. The Morgan fingerprint density at radius 2 is 1.05 bits per heavy atom. The van der Waals surface area contributed by atoms with E-state index in [1.54, 1.807) is 12.1 Å². The van der Waals surface area contributed by atoms with E-state index < -0.39 is 13.6 Å². The average molecular weight is 515 g/mol. The third-order valence-electron chi connectivity index (χ3n) is 7.34. The first-order valence-corrected chi connectivity index (χ1v) is 14.3. The van der Waals surface area contributed by atoms with Gasteiger partial charge in [-0.05, 0) is 57.6 Å². The van der Waals surface area contributed by atoms with Crippen LogP contribution >= 0.6 is 8.15 Å². The van der Waals surface area contributed by atoms with E-state index in [2.05, 4.69) is 124 Å². The minimum Gasteiger partial charge on any atom is -0.508 e. The maximum Gasteiger partial charge on any atom is 0.124 e. The zero-order chi connectivity index (χ0) is 26.3. The van der Waals surface area contributed by atoms with Crippen LogP contribution in [0.2, 0.25) is 0 Å². The van der Waals surface area contributed by atoms with Crippen molar-refractivity contribution in [3.8, 4) is 22.6 Å². The lowest BCUT2D eigenvalue weighted by molar-refractivity contribution is 0.475. The molecular formula is C35H31O2P. The second kappa shape index (κ2) is 9.46. The predicted octanol–water partition coefficient (Wildman–Crippen LogP) is 8.66. The average Bonchev–Trinajstić information content (AvgIpc) is 3.24. The Hall–Kier alpha value is -3.87. The maximum absolute atomic E-state index is 10.1. The van der Waals surface area contributed by atoms with E-state index in [0.29, 0.717) is 0 Å². The van der Waals surface area contributed by atoms with E-state index in [-0.39, 0.29) is 10.9 Å². The highest BCUT2D eigenvalue weighted by Crippen LogP contribution is 2.56. The summed E-state index contributed by atoms with van der Waals surface area (Å²) in [5, 5.41) is 11.3. The molecule has 5 aromatic carbocycles. The van der Waals surface area contributed by atoms with Crippen LogP contribution in [0.5, 0.6) is 11.5 Å². The lowest BCUT2D eigenvalue weighted by Gasteiger charge is -2.34. The van der Waals surface area contributed by atoms with Crippen molar-refractivity contribution in [2.24, 2.45) is 0 Å². The summed E-state index contributed by atoms with van der Waals surface area (Å²) < 4.78 is 6.71. The predicted molar refractivity (Wildman–Crippen MR) is 159 cm³/mol. The third kappa shape index (κ3) is 4.01. The summed E-state index contributed by atoms with van der Waals surface area (Å²) in [4.78, 5) is 0. The SMILES string of the molecule is CC(C)(C)P(Oc1ccc(C2(c3ccc(O)cc3)c3ccccc3-c3ccccc32)cc1)c1ccccc1. The van der Waals surface area contributed by atoms with Crippen LogP contribution in [0.25, 0.3) is 11.1 Å². The first-order chi connectivity index (χ1) is 18.4. The lowest BCUT2D eigenvalue weighted by atomic mass is 9.68. The van der Waals surface area contributed by atoms with Gasteiger partial charge in [0.2, 0.25) is 0 Å². The Labute approximate surface area is 226 Å². The first-order valence-electron chi connectivity index (χ1n) is 13.0. The van der Waals surface area contributed by atoms with E-state index in [9.17, 15) is 5.11 Å². The van der Waals surface area contributed by atoms with Crippen LogP contribution < -0.4 is 9.83 Å². The number of hydrogen-bond donors (Lipinski definition) is 1. The summed E-state index contributed by atoms with van der Waals surface area (Å²) in [5.41, 5.74) is 6.81. The molecule has 0 saturated heterocycles. The van der Waals surface area contributed by atoms with E-state index in [0.717, 1.165) is 11.3 Å². The molecule has 0 aromatic heterocycles. The molecule has 0 spiro atoms. The van der Waals surface area contributed by atoms with Gasteiger partial charge >= 0.3 is 0 Å². The maximum atomic E-state index is 10.1. The highest BCUT2D eigenvalue weighted by Gasteiger charge is 2.45. The van der Waals surface area contributed by atoms with Gasteiger partial charge in [0, 0.05) is 10.5 Å². The number of aromatic hydroxyl groups is 1. The van der Waals surface area contributed by atoms with Crippen LogP contribution in [0.4, 0.5) is 0 Å². The molecule has 1 aliphatic carbocycles. The Kier molecular flexibility index (Phi) is 6.09. The van der Waals surface area contributed by atoms with Gasteiger partial charge in [0.05, 0.1) is 5.41 Å². The van der Waals surface area contributed by atoms with E-state index in [4.69, 9.17) is 4.52 Å². The molecule has 1 atom stereocenters. The van der Waals surface area contributed by atoms with Gasteiger partial charge in [-0.3, -0.25) is 0 Å². The van der Waals surface area contributed by atoms with E-state index >= 15 is 0 Å². The van der Waals surface area contributed by atoms with Crippen molar-refractivity contribution in [3.05, 3.63) is 150 Å². The molecule has 1 unspecified atom stereocenters. The second-order valence-corrected chi connectivity index (χ2v) is 13.4. The number of benzene rings is 5. The molecule has 0 bridgehead atoms. The van der Waals surface area contributed by atoms with Gasteiger partial charge in [-0.25, -0.2) is 0 Å². The highest BCUT2D eigenvalue weighted by molar-refractivity contribution is 7.62. The molecule has 38 heavy (non-hydrogen) atoms. The standard InChI is InChI=1S/C35H31O2P/c1-34(2,3)38(29-11-5-4-6-12-29)37-28-23-19-26(20-24-28)35(25-17-21-27(36)22-18-25)32-15-9-7-13-30(32)31-14-8-10-16-33(31)35/h4-24,36H,1-3H3. The largest absolute Gasteiger partial charge is 0.508 e. The van der Waals surface area contributed by atoms with Gasteiger partial charge in [0.15, 0.2) is 0 Å². The molecule has 0 amide bonds. The molecule has 0 radical (unpaired) electrons. The number of hydrogen-bond acceptors (Lipinski definition) is 2. The first kappa shape index (κ1) is 24.5. The molecule has 0 saturated carbocycles. The summed E-state index contributed by atoms with van der Waals surface area (Å²) >= 11 is 0. The fourth-order valence-corrected chi connectivity index (χ4v) is 7.68. The Morgan fingerprint density at radius 3 is 1.58 bits per heavy atom. The topological polar surface area (TPSA) is 29.5 Å². The van der Waals surface area contributed by atoms with Gasteiger partial charge in [-0.1, -0.05) is 124 Å². The molecule has 0 aliphatic heterocycles.